The molecule has 1 nitrogen and oxygen atoms in total. The van der Waals surface area contributed by atoms with E-state index in [-0.39, 0.29) is 0 Å². The molecule has 0 fully saturated rings. The molecule has 0 heterocycles. The van der Waals surface area contributed by atoms with Gasteiger partial charge in [0, 0.05) is 0 Å². The van der Waals surface area contributed by atoms with Crippen LogP contribution in [0.25, 0.3) is 0 Å². The van der Waals surface area contributed by atoms with Crippen molar-refractivity contribution in [1.29, 1.82) is 0 Å². The molecule has 0 spiro atoms. The van der Waals surface area contributed by atoms with Crippen molar-refractivity contribution in [3.63, 3.8) is 0 Å². The Labute approximate surface area is 63.0 Å². The van der Waals surface area contributed by atoms with E-state index in [1.54, 1.807) is 0 Å². The van der Waals surface area contributed by atoms with Crippen LogP contribution >= 0.6 is 10.8 Å². The minimum Gasteiger partial charge on any atom is -0.238 e. The first-order valence-electron chi connectivity index (χ1n) is 1.88. The Morgan fingerprint density at radius 1 is 1.00 bits per heavy atom. The fourth-order valence-corrected chi connectivity index (χ4v) is 1.20. The first kappa shape index (κ1) is 11.1. The molecule has 0 aliphatic rings. The van der Waals surface area contributed by atoms with Gasteiger partial charge >= 0.3 is 11.0 Å². The fourth-order valence-electron chi connectivity index (χ4n) is 0.133. The van der Waals surface area contributed by atoms with E-state index < -0.39 is 31.6 Å². The highest BCUT2D eigenvalue weighted by molar-refractivity contribution is 8.69. The molecule has 0 aromatic rings. The Kier molecular flexibility index (Phi) is 3.24. The maximum Gasteiger partial charge on any atom is 0.481 e. The van der Waals surface area contributed by atoms with Gasteiger partial charge in [-0.25, -0.2) is 4.21 Å². The van der Waals surface area contributed by atoms with E-state index >= 15 is 0 Å². The summed E-state index contributed by atoms with van der Waals surface area (Å²) in [6.45, 7) is 0. The number of hydrogen-bond donors (Lipinski definition) is 0. The van der Waals surface area contributed by atoms with Gasteiger partial charge in [-0.1, -0.05) is 0 Å². The molecule has 0 aliphatic carbocycles. The van der Waals surface area contributed by atoms with Gasteiger partial charge in [-0.05, 0) is 0 Å². The summed E-state index contributed by atoms with van der Waals surface area (Å²) in [5, 5.41) is 0. The minimum atomic E-state index is -5.32. The highest BCUT2D eigenvalue weighted by atomic mass is 33.1. The van der Waals surface area contributed by atoms with Gasteiger partial charge < -0.3 is 0 Å². The number of rotatable bonds is 1. The highest BCUT2D eigenvalue weighted by Gasteiger charge is 2.45. The van der Waals surface area contributed by atoms with Crippen molar-refractivity contribution < 1.29 is 30.6 Å². The first-order chi connectivity index (χ1) is 4.63. The topological polar surface area (TPSA) is 17.1 Å². The third-order valence-corrected chi connectivity index (χ3v) is 2.67. The summed E-state index contributed by atoms with van der Waals surface area (Å²) in [6, 6.07) is 0. The second-order valence-corrected chi connectivity index (χ2v) is 4.18. The molecule has 68 valence electrons. The summed E-state index contributed by atoms with van der Waals surface area (Å²) in [7, 11) is -5.50. The van der Waals surface area contributed by atoms with E-state index in [4.69, 9.17) is 0 Å². The summed E-state index contributed by atoms with van der Waals surface area (Å²) in [6.07, 6.45) is 0. The molecule has 0 saturated heterocycles. The normalized spacial score (nSPS) is 16.5. The van der Waals surface area contributed by atoms with Gasteiger partial charge in [0.05, 0.1) is 10.8 Å². The van der Waals surface area contributed by atoms with E-state index in [1.165, 1.54) is 0 Å². The zero-order valence-corrected chi connectivity index (χ0v) is 6.13. The largest absolute Gasteiger partial charge is 0.481 e. The van der Waals surface area contributed by atoms with E-state index in [2.05, 4.69) is 0 Å². The lowest BCUT2D eigenvalue weighted by Gasteiger charge is -2.06. The molecule has 0 radical (unpaired) electrons. The maximum absolute atomic E-state index is 11.2. The molecule has 0 saturated carbocycles. The molecular formula is C2F6OS2. The average molecular weight is 218 g/mol. The molecule has 9 heteroatoms. The Bertz CT molecular complexity index is 157. The summed E-state index contributed by atoms with van der Waals surface area (Å²) >= 11 is 0. The second kappa shape index (κ2) is 3.21. The van der Waals surface area contributed by atoms with Crippen LogP contribution in [-0.4, -0.2) is 15.2 Å². The molecule has 0 aromatic heterocycles. The zero-order valence-electron chi connectivity index (χ0n) is 4.49. The van der Waals surface area contributed by atoms with Crippen molar-refractivity contribution in [3.8, 4) is 0 Å². The molecule has 1 atom stereocenters. The van der Waals surface area contributed by atoms with Crippen LogP contribution in [0.15, 0.2) is 0 Å². The first-order valence-corrected chi connectivity index (χ1v) is 4.36. The predicted octanol–water partition coefficient (Wildman–Crippen LogP) is 2.42. The van der Waals surface area contributed by atoms with Crippen molar-refractivity contribution in [2.45, 2.75) is 11.0 Å². The van der Waals surface area contributed by atoms with Crippen molar-refractivity contribution in [3.05, 3.63) is 0 Å². The summed E-state index contributed by atoms with van der Waals surface area (Å²) in [4.78, 5) is 0. The summed E-state index contributed by atoms with van der Waals surface area (Å²) < 4.78 is 76.5. The Balaban J connectivity index is 4.11. The van der Waals surface area contributed by atoms with Crippen LogP contribution in [0.4, 0.5) is 26.3 Å². The van der Waals surface area contributed by atoms with Gasteiger partial charge in [0.25, 0.3) is 0 Å². The third kappa shape index (κ3) is 5.36. The van der Waals surface area contributed by atoms with Crippen LogP contribution in [0.3, 0.4) is 0 Å². The van der Waals surface area contributed by atoms with Gasteiger partial charge in [0.2, 0.25) is 0 Å². The Morgan fingerprint density at radius 2 is 1.36 bits per heavy atom. The standard InChI is InChI=1S/C2F6OS2/c3-1(4,5)10-11(9)2(6,7)8. The quantitative estimate of drug-likeness (QED) is 0.496. The molecule has 0 N–H and O–H groups in total. The molecule has 0 aliphatic heterocycles. The van der Waals surface area contributed by atoms with Gasteiger partial charge in [-0.15, -0.1) is 0 Å². The molecule has 0 amide bonds. The van der Waals surface area contributed by atoms with E-state index in [0.29, 0.717) is 0 Å². The molecule has 0 bridgehead atoms. The number of alkyl halides is 6. The summed E-state index contributed by atoms with van der Waals surface area (Å²) in [5.74, 6) is 0. The van der Waals surface area contributed by atoms with Crippen molar-refractivity contribution in [1.82, 2.24) is 0 Å². The predicted molar refractivity (Wildman–Crippen MR) is 27.8 cm³/mol. The van der Waals surface area contributed by atoms with Crippen LogP contribution in [0, 0.1) is 0 Å². The summed E-state index contributed by atoms with van der Waals surface area (Å²) in [5.41, 5.74) is -10.4. The third-order valence-electron chi connectivity index (χ3n) is 0.359. The Morgan fingerprint density at radius 3 is 1.45 bits per heavy atom. The monoisotopic (exact) mass is 218 g/mol. The lowest BCUT2D eigenvalue weighted by molar-refractivity contribution is -0.0409. The SMILES string of the molecule is O=S(SC(F)(F)F)C(F)(F)F. The van der Waals surface area contributed by atoms with E-state index in [9.17, 15) is 30.6 Å². The lowest BCUT2D eigenvalue weighted by Crippen LogP contribution is -2.16. The smallest absolute Gasteiger partial charge is 0.238 e. The van der Waals surface area contributed by atoms with Gasteiger partial charge in [-0.2, -0.15) is 26.3 Å². The second-order valence-electron chi connectivity index (χ2n) is 1.21. The van der Waals surface area contributed by atoms with Gasteiger partial charge in [0.15, 0.2) is 9.83 Å². The minimum absolute atomic E-state index is 1.59. The van der Waals surface area contributed by atoms with E-state index in [1.807, 2.05) is 0 Å². The lowest BCUT2D eigenvalue weighted by atomic mass is 11.6. The molecule has 11 heavy (non-hydrogen) atoms. The zero-order chi connectivity index (χ0) is 9.28. The van der Waals surface area contributed by atoms with Crippen LogP contribution in [0.5, 0.6) is 0 Å². The molecule has 0 rings (SSSR count). The van der Waals surface area contributed by atoms with Crippen molar-refractivity contribution in [2.24, 2.45) is 0 Å². The molecule has 1 unspecified atom stereocenters. The number of halogens is 6. The molecular weight excluding hydrogens is 218 g/mol. The average Bonchev–Trinajstić information content (AvgIpc) is 1.56. The van der Waals surface area contributed by atoms with Gasteiger partial charge in [-0.3, -0.25) is 0 Å². The van der Waals surface area contributed by atoms with E-state index in [0.717, 1.165) is 0 Å². The van der Waals surface area contributed by atoms with Crippen LogP contribution < -0.4 is 0 Å². The Hall–Kier alpha value is 0.0800. The highest BCUT2D eigenvalue weighted by Crippen LogP contribution is 2.39. The van der Waals surface area contributed by atoms with Gasteiger partial charge in [0.1, 0.15) is 0 Å². The van der Waals surface area contributed by atoms with Crippen LogP contribution in [-0.2, 0) is 9.83 Å². The number of hydrogen-bond acceptors (Lipinski definition) is 2. The van der Waals surface area contributed by atoms with Crippen molar-refractivity contribution in [2.75, 3.05) is 0 Å². The van der Waals surface area contributed by atoms with Crippen LogP contribution in [0.1, 0.15) is 0 Å². The maximum atomic E-state index is 11.2. The van der Waals surface area contributed by atoms with Crippen molar-refractivity contribution >= 4 is 20.6 Å². The van der Waals surface area contributed by atoms with Crippen LogP contribution in [0.2, 0.25) is 0 Å². The fraction of sp³-hybridized carbons (Fsp3) is 1.00. The molecule has 0 aromatic carbocycles.